The SMILES string of the molecule is C#Cc1cccc2cc(O)cc(-c3ncc4c(N5C[C@H]6CC[C@@H](C5)O6)nc(OC[C@@]56CCCN5C[C@H](F)C6)nc4c3F)c12. The second-order valence-corrected chi connectivity index (χ2v) is 12.3. The van der Waals surface area contributed by atoms with Gasteiger partial charge in [0, 0.05) is 48.8 Å². The number of hydrogen-bond acceptors (Lipinski definition) is 8. The number of ether oxygens (including phenoxy) is 2. The van der Waals surface area contributed by atoms with Gasteiger partial charge in [0.1, 0.15) is 35.6 Å². The van der Waals surface area contributed by atoms with Crippen molar-refractivity contribution in [2.45, 2.75) is 56.0 Å². The summed E-state index contributed by atoms with van der Waals surface area (Å²) in [5.74, 6) is 2.52. The lowest BCUT2D eigenvalue weighted by atomic mass is 9.95. The van der Waals surface area contributed by atoms with Gasteiger partial charge >= 0.3 is 6.01 Å². The second kappa shape index (κ2) is 10.00. The molecule has 4 aromatic rings. The lowest BCUT2D eigenvalue weighted by molar-refractivity contribution is 0.0302. The Bertz CT molecular complexity index is 1800. The number of alkyl halides is 1. The third-order valence-corrected chi connectivity index (χ3v) is 9.59. The normalized spacial score (nSPS) is 26.7. The molecule has 2 bridgehead atoms. The van der Waals surface area contributed by atoms with Gasteiger partial charge in [-0.25, -0.2) is 8.78 Å². The molecule has 4 saturated heterocycles. The third kappa shape index (κ3) is 4.36. The highest BCUT2D eigenvalue weighted by Crippen LogP contribution is 2.42. The molecule has 6 heterocycles. The summed E-state index contributed by atoms with van der Waals surface area (Å²) in [5.41, 5.74) is 0.618. The van der Waals surface area contributed by atoms with E-state index >= 15 is 4.39 Å². The van der Waals surface area contributed by atoms with Crippen molar-refractivity contribution in [2.24, 2.45) is 0 Å². The van der Waals surface area contributed by atoms with Crippen LogP contribution in [0.25, 0.3) is 32.9 Å². The molecule has 4 atom stereocenters. The van der Waals surface area contributed by atoms with Crippen LogP contribution in [0.2, 0.25) is 0 Å². The van der Waals surface area contributed by atoms with Gasteiger partial charge in [-0.15, -0.1) is 6.42 Å². The first-order valence-corrected chi connectivity index (χ1v) is 14.9. The number of benzene rings is 2. The Kier molecular flexibility index (Phi) is 6.17. The first-order chi connectivity index (χ1) is 20.9. The molecule has 8 rings (SSSR count). The van der Waals surface area contributed by atoms with Crippen LogP contribution in [-0.2, 0) is 4.74 Å². The molecular formula is C33H31F2N5O3. The van der Waals surface area contributed by atoms with Crippen LogP contribution in [0.4, 0.5) is 14.6 Å². The minimum atomic E-state index is -0.892. The van der Waals surface area contributed by atoms with Crippen LogP contribution in [-0.4, -0.2) is 81.7 Å². The largest absolute Gasteiger partial charge is 0.508 e. The van der Waals surface area contributed by atoms with Crippen molar-refractivity contribution in [1.82, 2.24) is 19.9 Å². The minimum absolute atomic E-state index is 0.0189. The van der Waals surface area contributed by atoms with Crippen molar-refractivity contribution < 1.29 is 23.4 Å². The Morgan fingerprint density at radius 3 is 2.81 bits per heavy atom. The molecular weight excluding hydrogens is 552 g/mol. The molecule has 0 aliphatic carbocycles. The lowest BCUT2D eigenvalue weighted by Crippen LogP contribution is -2.44. The number of morpholine rings is 1. The summed E-state index contributed by atoms with van der Waals surface area (Å²) in [6.45, 7) is 2.72. The molecule has 4 aliphatic heterocycles. The van der Waals surface area contributed by atoms with Crippen LogP contribution in [0, 0.1) is 18.2 Å². The van der Waals surface area contributed by atoms with E-state index in [4.69, 9.17) is 20.9 Å². The van der Waals surface area contributed by atoms with Crippen molar-refractivity contribution in [3.63, 3.8) is 0 Å². The van der Waals surface area contributed by atoms with Crippen LogP contribution in [0.5, 0.6) is 11.8 Å². The van der Waals surface area contributed by atoms with E-state index in [0.29, 0.717) is 59.2 Å². The van der Waals surface area contributed by atoms with E-state index in [1.807, 2.05) is 6.07 Å². The molecule has 0 spiro atoms. The maximum Gasteiger partial charge on any atom is 0.319 e. The van der Waals surface area contributed by atoms with Gasteiger partial charge in [0.15, 0.2) is 5.82 Å². The maximum absolute atomic E-state index is 16.7. The highest BCUT2D eigenvalue weighted by atomic mass is 19.1. The average Bonchev–Trinajstić information content (AvgIpc) is 3.65. The van der Waals surface area contributed by atoms with Gasteiger partial charge in [0.2, 0.25) is 0 Å². The van der Waals surface area contributed by atoms with Crippen LogP contribution in [0.3, 0.4) is 0 Å². The average molecular weight is 584 g/mol. The first kappa shape index (κ1) is 26.5. The molecule has 0 unspecified atom stereocenters. The number of fused-ring (bicyclic) bond motifs is 5. The fourth-order valence-corrected chi connectivity index (χ4v) is 7.67. The van der Waals surface area contributed by atoms with E-state index in [1.54, 1.807) is 24.4 Å². The van der Waals surface area contributed by atoms with Crippen LogP contribution >= 0.6 is 0 Å². The van der Waals surface area contributed by atoms with Crippen molar-refractivity contribution in [3.8, 4) is 35.4 Å². The zero-order valence-electron chi connectivity index (χ0n) is 23.6. The van der Waals surface area contributed by atoms with E-state index < -0.39 is 17.5 Å². The van der Waals surface area contributed by atoms with Gasteiger partial charge in [-0.05, 0) is 55.8 Å². The standard InChI is InChI=1S/C33H31F2N5O3/c1-2-19-5-3-6-20-11-22(41)12-25(27(19)20)29-28(35)30-26(14-36-29)31(39-16-23-7-8-24(17-39)43-23)38-32(37-30)42-18-33-9-4-10-40(33)15-21(34)13-33/h1,3,5-6,11-12,14,21,23-24,41H,4,7-10,13,15-18H2/t21-,23-,24+,33+/m1/s1. The van der Waals surface area contributed by atoms with Crippen LogP contribution < -0.4 is 9.64 Å². The maximum atomic E-state index is 16.7. The van der Waals surface area contributed by atoms with Crippen LogP contribution in [0.15, 0.2) is 36.5 Å². The highest BCUT2D eigenvalue weighted by Gasteiger charge is 2.49. The molecule has 1 N–H and O–H groups in total. The number of phenolic OH excluding ortho intramolecular Hbond substituents is 1. The predicted octanol–water partition coefficient (Wildman–Crippen LogP) is 4.99. The van der Waals surface area contributed by atoms with E-state index in [-0.39, 0.29) is 41.8 Å². The number of rotatable bonds is 5. The summed E-state index contributed by atoms with van der Waals surface area (Å²) in [7, 11) is 0. The van der Waals surface area contributed by atoms with Crippen molar-refractivity contribution >= 4 is 27.5 Å². The van der Waals surface area contributed by atoms with Crippen molar-refractivity contribution in [1.29, 1.82) is 0 Å². The fraction of sp³-hybridized carbons (Fsp3) is 0.424. The summed E-state index contributed by atoms with van der Waals surface area (Å²) in [6, 6.07) is 8.50. The summed E-state index contributed by atoms with van der Waals surface area (Å²) in [4.78, 5) is 18.2. The Labute approximate surface area is 247 Å². The molecule has 8 nitrogen and oxygen atoms in total. The van der Waals surface area contributed by atoms with Crippen LogP contribution in [0.1, 0.15) is 37.7 Å². The Morgan fingerprint density at radius 1 is 1.16 bits per heavy atom. The summed E-state index contributed by atoms with van der Waals surface area (Å²) >= 11 is 0. The summed E-state index contributed by atoms with van der Waals surface area (Å²) in [6.07, 6.45) is 10.8. The molecule has 0 radical (unpaired) electrons. The Hall–Kier alpha value is -4.07. The molecule has 0 amide bonds. The van der Waals surface area contributed by atoms with E-state index in [0.717, 1.165) is 32.2 Å². The lowest BCUT2D eigenvalue weighted by Gasteiger charge is -2.34. The zero-order valence-corrected chi connectivity index (χ0v) is 23.6. The number of nitrogens with zero attached hydrogens (tertiary/aromatic N) is 5. The molecule has 10 heteroatoms. The van der Waals surface area contributed by atoms with E-state index in [9.17, 15) is 9.50 Å². The number of aromatic hydroxyl groups is 1. The molecule has 2 aromatic heterocycles. The van der Waals surface area contributed by atoms with E-state index in [1.165, 1.54) is 6.07 Å². The zero-order chi connectivity index (χ0) is 29.3. The number of anilines is 1. The smallest absolute Gasteiger partial charge is 0.319 e. The van der Waals surface area contributed by atoms with Gasteiger partial charge in [-0.2, -0.15) is 9.97 Å². The monoisotopic (exact) mass is 583 g/mol. The van der Waals surface area contributed by atoms with Gasteiger partial charge < -0.3 is 19.5 Å². The van der Waals surface area contributed by atoms with E-state index in [2.05, 4.69) is 25.7 Å². The quantitative estimate of drug-likeness (QED) is 0.329. The molecule has 2 aromatic carbocycles. The topological polar surface area (TPSA) is 83.8 Å². The number of terminal acetylenes is 1. The number of hydrogen-bond donors (Lipinski definition) is 1. The summed E-state index contributed by atoms with van der Waals surface area (Å²) in [5, 5.41) is 12.3. The minimum Gasteiger partial charge on any atom is -0.508 e. The highest BCUT2D eigenvalue weighted by molar-refractivity contribution is 6.02. The summed E-state index contributed by atoms with van der Waals surface area (Å²) < 4.78 is 43.4. The molecule has 0 saturated carbocycles. The molecule has 4 fully saturated rings. The van der Waals surface area contributed by atoms with Gasteiger partial charge in [0.05, 0.1) is 23.1 Å². The molecule has 220 valence electrons. The van der Waals surface area contributed by atoms with Crippen molar-refractivity contribution in [2.75, 3.05) is 37.7 Å². The number of halogens is 2. The number of aromatic nitrogens is 3. The van der Waals surface area contributed by atoms with Gasteiger partial charge in [-0.3, -0.25) is 9.88 Å². The third-order valence-electron chi connectivity index (χ3n) is 9.59. The second-order valence-electron chi connectivity index (χ2n) is 12.3. The predicted molar refractivity (Wildman–Crippen MR) is 158 cm³/mol. The number of pyridine rings is 1. The molecule has 43 heavy (non-hydrogen) atoms. The fourth-order valence-electron chi connectivity index (χ4n) is 7.67. The number of phenols is 1. The van der Waals surface area contributed by atoms with Crippen molar-refractivity contribution in [3.05, 3.63) is 47.9 Å². The van der Waals surface area contributed by atoms with Gasteiger partial charge in [-0.1, -0.05) is 18.1 Å². The van der Waals surface area contributed by atoms with Gasteiger partial charge in [0.25, 0.3) is 0 Å². The Balaban J connectivity index is 1.27. The Morgan fingerprint density at radius 2 is 2.00 bits per heavy atom. The molecule has 4 aliphatic rings. The first-order valence-electron chi connectivity index (χ1n) is 14.9.